The number of hydrazone groups is 1. The fourth-order valence-corrected chi connectivity index (χ4v) is 2.07. The fraction of sp³-hybridized carbons (Fsp3) is 0.118. The number of carboxylic acids is 1. The zero-order valence-electron chi connectivity index (χ0n) is 13.2. The van der Waals surface area contributed by atoms with E-state index < -0.39 is 12.6 Å². The number of carbonyl (C=O) groups is 2. The zero-order valence-corrected chi connectivity index (χ0v) is 14.0. The van der Waals surface area contributed by atoms with Crippen molar-refractivity contribution in [3.63, 3.8) is 0 Å². The maximum atomic E-state index is 11.9. The molecule has 0 aliphatic heterocycles. The monoisotopic (exact) mass is 362 g/mol. The lowest BCUT2D eigenvalue weighted by molar-refractivity contribution is -0.139. The predicted octanol–water partition coefficient (Wildman–Crippen LogP) is 2.58. The highest BCUT2D eigenvalue weighted by atomic mass is 35.5. The summed E-state index contributed by atoms with van der Waals surface area (Å²) in [4.78, 5) is 22.4. The van der Waals surface area contributed by atoms with Gasteiger partial charge in [0.15, 0.2) is 6.61 Å². The minimum absolute atomic E-state index is 0.242. The van der Waals surface area contributed by atoms with Gasteiger partial charge >= 0.3 is 5.97 Å². The first-order valence-electron chi connectivity index (χ1n) is 7.11. The van der Waals surface area contributed by atoms with Crippen LogP contribution in [0.1, 0.15) is 15.9 Å². The summed E-state index contributed by atoms with van der Waals surface area (Å²) < 4.78 is 10.0. The highest BCUT2D eigenvalue weighted by Gasteiger charge is 2.06. The molecule has 0 spiro atoms. The molecule has 2 aromatic carbocycles. The van der Waals surface area contributed by atoms with Crippen LogP contribution >= 0.6 is 11.6 Å². The molecule has 2 N–H and O–H groups in total. The van der Waals surface area contributed by atoms with E-state index in [4.69, 9.17) is 26.2 Å². The molecule has 0 aromatic heterocycles. The van der Waals surface area contributed by atoms with Gasteiger partial charge in [-0.1, -0.05) is 11.6 Å². The Balaban J connectivity index is 1.95. The van der Waals surface area contributed by atoms with E-state index in [1.165, 1.54) is 12.3 Å². The molecule has 0 aliphatic carbocycles. The summed E-state index contributed by atoms with van der Waals surface area (Å²) in [5.41, 5.74) is 3.45. The largest absolute Gasteiger partial charge is 0.497 e. The molecule has 2 aromatic rings. The Kier molecular flexibility index (Phi) is 6.36. The quantitative estimate of drug-likeness (QED) is 0.582. The van der Waals surface area contributed by atoms with Gasteiger partial charge < -0.3 is 14.6 Å². The highest BCUT2D eigenvalue weighted by Crippen LogP contribution is 2.24. The van der Waals surface area contributed by atoms with Gasteiger partial charge in [-0.15, -0.1) is 0 Å². The lowest BCUT2D eigenvalue weighted by atomic mass is 10.2. The number of halogens is 1. The fourth-order valence-electron chi connectivity index (χ4n) is 1.83. The SMILES string of the molecule is COc1ccc(C(=O)N/N=C\c2ccc(OCC(=O)O)c(Cl)c2)cc1. The molecular weight excluding hydrogens is 348 g/mol. The molecule has 7 nitrogen and oxygen atoms in total. The molecule has 2 rings (SSSR count). The molecule has 0 radical (unpaired) electrons. The van der Waals surface area contributed by atoms with Gasteiger partial charge in [0.05, 0.1) is 18.3 Å². The Morgan fingerprint density at radius 3 is 2.56 bits per heavy atom. The maximum Gasteiger partial charge on any atom is 0.341 e. The first-order chi connectivity index (χ1) is 12.0. The van der Waals surface area contributed by atoms with Crippen LogP contribution in [0.3, 0.4) is 0 Å². The van der Waals surface area contributed by atoms with Crippen molar-refractivity contribution in [1.29, 1.82) is 0 Å². The molecule has 0 aliphatic rings. The predicted molar refractivity (Wildman–Crippen MR) is 92.6 cm³/mol. The van der Waals surface area contributed by atoms with Crippen molar-refractivity contribution in [2.75, 3.05) is 13.7 Å². The lowest BCUT2D eigenvalue weighted by Crippen LogP contribution is -2.17. The summed E-state index contributed by atoms with van der Waals surface area (Å²) in [7, 11) is 1.54. The Hall–Kier alpha value is -3.06. The Morgan fingerprint density at radius 2 is 1.96 bits per heavy atom. The third-order valence-electron chi connectivity index (χ3n) is 3.04. The smallest absolute Gasteiger partial charge is 0.341 e. The van der Waals surface area contributed by atoms with E-state index in [1.54, 1.807) is 43.5 Å². The zero-order chi connectivity index (χ0) is 18.2. The number of nitrogens with one attached hydrogen (secondary N) is 1. The summed E-state index contributed by atoms with van der Waals surface area (Å²) in [6.45, 7) is -0.481. The van der Waals surface area contributed by atoms with Crippen LogP contribution in [0.25, 0.3) is 0 Å². The summed E-state index contributed by atoms with van der Waals surface area (Å²) in [6, 6.07) is 11.3. The van der Waals surface area contributed by atoms with Gasteiger partial charge in [-0.3, -0.25) is 4.79 Å². The van der Waals surface area contributed by atoms with E-state index in [1.807, 2.05) is 0 Å². The van der Waals surface area contributed by atoms with Gasteiger partial charge in [-0.2, -0.15) is 5.10 Å². The molecule has 0 atom stereocenters. The molecule has 0 bridgehead atoms. The van der Waals surface area contributed by atoms with E-state index in [9.17, 15) is 9.59 Å². The van der Waals surface area contributed by atoms with Crippen LogP contribution in [0, 0.1) is 0 Å². The number of hydrogen-bond acceptors (Lipinski definition) is 5. The van der Waals surface area contributed by atoms with Crippen molar-refractivity contribution in [3.8, 4) is 11.5 Å². The molecule has 0 saturated carbocycles. The van der Waals surface area contributed by atoms with Gasteiger partial charge in [-0.05, 0) is 48.0 Å². The van der Waals surface area contributed by atoms with Crippen LogP contribution in [-0.4, -0.2) is 36.9 Å². The van der Waals surface area contributed by atoms with Crippen LogP contribution in [0.15, 0.2) is 47.6 Å². The Morgan fingerprint density at radius 1 is 1.24 bits per heavy atom. The van der Waals surface area contributed by atoms with Crippen LogP contribution in [0.5, 0.6) is 11.5 Å². The van der Waals surface area contributed by atoms with Gasteiger partial charge in [0.1, 0.15) is 11.5 Å². The number of rotatable bonds is 7. The maximum absolute atomic E-state index is 11.9. The molecule has 0 saturated heterocycles. The second-order valence-electron chi connectivity index (χ2n) is 4.80. The van der Waals surface area contributed by atoms with Crippen molar-refractivity contribution >= 4 is 29.7 Å². The third kappa shape index (κ3) is 5.50. The van der Waals surface area contributed by atoms with Crippen LogP contribution in [0.2, 0.25) is 5.02 Å². The van der Waals surface area contributed by atoms with E-state index in [2.05, 4.69) is 10.5 Å². The average Bonchev–Trinajstić information content (AvgIpc) is 2.61. The minimum Gasteiger partial charge on any atom is -0.497 e. The van der Waals surface area contributed by atoms with E-state index >= 15 is 0 Å². The standard InChI is InChI=1S/C17H15ClN2O5/c1-24-13-5-3-12(4-6-13)17(23)20-19-9-11-2-7-15(14(18)8-11)25-10-16(21)22/h2-9H,10H2,1H3,(H,20,23)(H,21,22)/b19-9-. The van der Waals surface area contributed by atoms with Crippen LogP contribution in [-0.2, 0) is 4.79 Å². The van der Waals surface area contributed by atoms with E-state index in [-0.39, 0.29) is 16.7 Å². The highest BCUT2D eigenvalue weighted by molar-refractivity contribution is 6.32. The number of ether oxygens (including phenoxy) is 2. The Labute approximate surface area is 148 Å². The topological polar surface area (TPSA) is 97.2 Å². The van der Waals surface area contributed by atoms with Crippen molar-refractivity contribution in [1.82, 2.24) is 5.43 Å². The normalized spacial score (nSPS) is 10.5. The number of methoxy groups -OCH3 is 1. The molecule has 0 heterocycles. The minimum atomic E-state index is -1.09. The second-order valence-corrected chi connectivity index (χ2v) is 5.21. The lowest BCUT2D eigenvalue weighted by Gasteiger charge is -2.06. The van der Waals surface area contributed by atoms with Gasteiger partial charge in [0.25, 0.3) is 5.91 Å². The number of carbonyl (C=O) groups excluding carboxylic acids is 1. The molecule has 130 valence electrons. The van der Waals surface area contributed by atoms with Gasteiger partial charge in [-0.25, -0.2) is 10.2 Å². The van der Waals surface area contributed by atoms with Gasteiger partial charge in [0.2, 0.25) is 0 Å². The van der Waals surface area contributed by atoms with Crippen molar-refractivity contribution < 1.29 is 24.2 Å². The van der Waals surface area contributed by atoms with Crippen molar-refractivity contribution in [2.24, 2.45) is 5.10 Å². The number of aliphatic carboxylic acids is 1. The first-order valence-corrected chi connectivity index (χ1v) is 7.49. The molecular formula is C17H15ClN2O5. The summed E-state index contributed by atoms with van der Waals surface area (Å²) in [5, 5.41) is 12.7. The number of hydrogen-bond donors (Lipinski definition) is 2. The van der Waals surface area contributed by atoms with E-state index in [0.29, 0.717) is 16.9 Å². The summed E-state index contributed by atoms with van der Waals surface area (Å²) in [5.74, 6) is -0.558. The molecule has 25 heavy (non-hydrogen) atoms. The van der Waals surface area contributed by atoms with Crippen LogP contribution in [0.4, 0.5) is 0 Å². The van der Waals surface area contributed by atoms with Crippen LogP contribution < -0.4 is 14.9 Å². The number of nitrogens with zero attached hydrogens (tertiary/aromatic N) is 1. The van der Waals surface area contributed by atoms with Gasteiger partial charge in [0, 0.05) is 5.56 Å². The molecule has 1 amide bonds. The first kappa shape index (κ1) is 18.3. The Bertz CT molecular complexity index is 790. The summed E-state index contributed by atoms with van der Waals surface area (Å²) >= 11 is 6.00. The van der Waals surface area contributed by atoms with Crippen molar-refractivity contribution in [3.05, 3.63) is 58.6 Å². The number of benzene rings is 2. The molecule has 0 unspecified atom stereocenters. The average molecular weight is 363 g/mol. The molecule has 8 heteroatoms. The number of carboxylic acid groups (broad SMARTS) is 1. The second kappa shape index (κ2) is 8.70. The third-order valence-corrected chi connectivity index (χ3v) is 3.33. The number of amides is 1. The van der Waals surface area contributed by atoms with Crippen molar-refractivity contribution in [2.45, 2.75) is 0 Å². The molecule has 0 fully saturated rings. The summed E-state index contributed by atoms with van der Waals surface area (Å²) in [6.07, 6.45) is 1.41. The van der Waals surface area contributed by atoms with E-state index in [0.717, 1.165) is 0 Å².